The van der Waals surface area contributed by atoms with E-state index in [0.717, 1.165) is 16.9 Å². The molecule has 1 aromatic heterocycles. The Kier molecular flexibility index (Phi) is 1.60. The molecule has 0 aliphatic heterocycles. The summed E-state index contributed by atoms with van der Waals surface area (Å²) in [4.78, 5) is 0. The lowest BCUT2D eigenvalue weighted by molar-refractivity contribution is 0.656. The van der Waals surface area contributed by atoms with Crippen LogP contribution in [0.15, 0.2) is 11.4 Å². The lowest BCUT2D eigenvalue weighted by Crippen LogP contribution is -1.92. The van der Waals surface area contributed by atoms with E-state index < -0.39 is 0 Å². The normalized spacial score (nSPS) is 9.75. The maximum absolute atomic E-state index is 12.1. The second-order valence-corrected chi connectivity index (χ2v) is 2.32. The Hall–Kier alpha value is -0.410. The summed E-state index contributed by atoms with van der Waals surface area (Å²) >= 11 is 1.08. The number of thiophene rings is 1. The number of hydrogen-bond donors (Lipinski definition) is 1. The molecule has 1 nitrogen and oxygen atoms in total. The molecule has 0 unspecified atom stereocenters. The van der Waals surface area contributed by atoms with Crippen LogP contribution in [-0.4, -0.2) is 0 Å². The van der Waals surface area contributed by atoms with Gasteiger partial charge in [0.2, 0.25) is 0 Å². The van der Waals surface area contributed by atoms with Gasteiger partial charge in [-0.15, -0.1) is 11.3 Å². The Morgan fingerprint density at radius 3 is 2.75 bits per heavy atom. The Labute approximate surface area is 50.9 Å². The van der Waals surface area contributed by atoms with Gasteiger partial charge < -0.3 is 5.73 Å². The molecule has 0 aromatic carbocycles. The van der Waals surface area contributed by atoms with Crippen molar-refractivity contribution >= 4 is 11.3 Å². The largest absolute Gasteiger partial charge is 0.326 e. The molecule has 8 heavy (non-hydrogen) atoms. The van der Waals surface area contributed by atoms with Crippen molar-refractivity contribution in [2.45, 2.75) is 6.54 Å². The van der Waals surface area contributed by atoms with Gasteiger partial charge in [0, 0.05) is 6.54 Å². The van der Waals surface area contributed by atoms with Crippen LogP contribution in [0.3, 0.4) is 0 Å². The first-order chi connectivity index (χ1) is 3.83. The zero-order valence-electron chi connectivity index (χ0n) is 4.23. The van der Waals surface area contributed by atoms with Crippen molar-refractivity contribution in [3.05, 3.63) is 22.1 Å². The van der Waals surface area contributed by atoms with Gasteiger partial charge in [-0.3, -0.25) is 0 Å². The van der Waals surface area contributed by atoms with Crippen LogP contribution in [0.4, 0.5) is 4.39 Å². The zero-order chi connectivity index (χ0) is 5.98. The third-order valence-electron chi connectivity index (χ3n) is 0.857. The fraction of sp³-hybridized carbons (Fsp3) is 0.200. The number of nitrogens with two attached hydrogens (primary N) is 1. The third-order valence-corrected chi connectivity index (χ3v) is 1.62. The van der Waals surface area contributed by atoms with Gasteiger partial charge in [0.05, 0.1) is 0 Å². The van der Waals surface area contributed by atoms with E-state index in [0.29, 0.717) is 6.54 Å². The van der Waals surface area contributed by atoms with Crippen molar-refractivity contribution in [2.75, 3.05) is 0 Å². The van der Waals surface area contributed by atoms with E-state index in [1.54, 1.807) is 5.38 Å². The van der Waals surface area contributed by atoms with Crippen molar-refractivity contribution < 1.29 is 4.39 Å². The smallest absolute Gasteiger partial charge is 0.176 e. The molecule has 0 aliphatic rings. The van der Waals surface area contributed by atoms with Crippen LogP contribution < -0.4 is 5.73 Å². The first-order valence-electron chi connectivity index (χ1n) is 2.26. The number of hydrogen-bond acceptors (Lipinski definition) is 2. The van der Waals surface area contributed by atoms with Crippen LogP contribution in [0.1, 0.15) is 5.56 Å². The van der Waals surface area contributed by atoms with Gasteiger partial charge in [0.25, 0.3) is 0 Å². The second-order valence-electron chi connectivity index (χ2n) is 1.46. The molecular formula is C5H6FNS. The predicted octanol–water partition coefficient (Wildman–Crippen LogP) is 1.35. The average molecular weight is 131 g/mol. The summed E-state index contributed by atoms with van der Waals surface area (Å²) in [6, 6.07) is 1.45. The van der Waals surface area contributed by atoms with Crippen molar-refractivity contribution in [3.63, 3.8) is 0 Å². The molecule has 1 rings (SSSR count). The lowest BCUT2D eigenvalue weighted by atomic mass is 10.3. The molecule has 0 aliphatic carbocycles. The average Bonchev–Trinajstić information content (AvgIpc) is 2.14. The molecule has 0 spiro atoms. The highest BCUT2D eigenvalue weighted by molar-refractivity contribution is 7.08. The Morgan fingerprint density at radius 1 is 1.75 bits per heavy atom. The van der Waals surface area contributed by atoms with Crippen molar-refractivity contribution in [2.24, 2.45) is 5.73 Å². The van der Waals surface area contributed by atoms with Crippen LogP contribution in [0.5, 0.6) is 0 Å². The summed E-state index contributed by atoms with van der Waals surface area (Å²) in [7, 11) is 0. The van der Waals surface area contributed by atoms with Gasteiger partial charge in [-0.2, -0.15) is 4.39 Å². The van der Waals surface area contributed by atoms with E-state index in [4.69, 9.17) is 5.73 Å². The first-order valence-corrected chi connectivity index (χ1v) is 3.14. The fourth-order valence-corrected chi connectivity index (χ4v) is 1.10. The second kappa shape index (κ2) is 2.24. The molecule has 0 amide bonds. The SMILES string of the molecule is NCc1csc(F)c1. The number of halogens is 1. The molecule has 0 fully saturated rings. The summed E-state index contributed by atoms with van der Waals surface area (Å²) in [6.45, 7) is 0.431. The zero-order valence-corrected chi connectivity index (χ0v) is 5.04. The minimum atomic E-state index is -0.162. The molecule has 1 aromatic rings. The van der Waals surface area contributed by atoms with Gasteiger partial charge in [-0.05, 0) is 17.0 Å². The molecule has 0 saturated heterocycles. The highest BCUT2D eigenvalue weighted by atomic mass is 32.1. The van der Waals surface area contributed by atoms with Crippen LogP contribution >= 0.6 is 11.3 Å². The molecule has 0 saturated carbocycles. The molecule has 3 heteroatoms. The molecular weight excluding hydrogens is 125 g/mol. The van der Waals surface area contributed by atoms with Gasteiger partial charge in [-0.1, -0.05) is 0 Å². The summed E-state index contributed by atoms with van der Waals surface area (Å²) in [5, 5.41) is 1.56. The minimum absolute atomic E-state index is 0.162. The molecule has 44 valence electrons. The number of rotatable bonds is 1. The first kappa shape index (κ1) is 5.72. The fourth-order valence-electron chi connectivity index (χ4n) is 0.453. The summed E-state index contributed by atoms with van der Waals surface area (Å²) in [5.74, 6) is 0. The molecule has 0 bridgehead atoms. The van der Waals surface area contributed by atoms with Crippen molar-refractivity contribution in [1.82, 2.24) is 0 Å². The van der Waals surface area contributed by atoms with E-state index in [1.807, 2.05) is 0 Å². The molecule has 1 heterocycles. The van der Waals surface area contributed by atoms with Crippen LogP contribution in [-0.2, 0) is 6.54 Å². The molecule has 0 atom stereocenters. The maximum atomic E-state index is 12.1. The van der Waals surface area contributed by atoms with Gasteiger partial charge in [-0.25, -0.2) is 0 Å². The van der Waals surface area contributed by atoms with Crippen molar-refractivity contribution in [1.29, 1.82) is 0 Å². The predicted molar refractivity (Wildman–Crippen MR) is 32.2 cm³/mol. The third kappa shape index (κ3) is 1.05. The van der Waals surface area contributed by atoms with E-state index in [2.05, 4.69) is 0 Å². The Bertz CT molecular complexity index is 173. The Morgan fingerprint density at radius 2 is 2.50 bits per heavy atom. The van der Waals surface area contributed by atoms with E-state index in [1.165, 1.54) is 6.07 Å². The lowest BCUT2D eigenvalue weighted by Gasteiger charge is -1.80. The van der Waals surface area contributed by atoms with E-state index in [9.17, 15) is 4.39 Å². The highest BCUT2D eigenvalue weighted by Gasteiger charge is 1.93. The minimum Gasteiger partial charge on any atom is -0.326 e. The van der Waals surface area contributed by atoms with Crippen molar-refractivity contribution in [3.8, 4) is 0 Å². The topological polar surface area (TPSA) is 26.0 Å². The van der Waals surface area contributed by atoms with Gasteiger partial charge in [0.1, 0.15) is 0 Å². The van der Waals surface area contributed by atoms with Crippen LogP contribution in [0.25, 0.3) is 0 Å². The van der Waals surface area contributed by atoms with E-state index in [-0.39, 0.29) is 5.13 Å². The maximum Gasteiger partial charge on any atom is 0.176 e. The quantitative estimate of drug-likeness (QED) is 0.611. The van der Waals surface area contributed by atoms with E-state index >= 15 is 0 Å². The standard InChI is InChI=1S/C5H6FNS/c6-5-1-4(2-7)3-8-5/h1,3H,2,7H2. The Balaban J connectivity index is 2.84. The van der Waals surface area contributed by atoms with Gasteiger partial charge in [0.15, 0.2) is 5.13 Å². The summed E-state index contributed by atoms with van der Waals surface area (Å²) < 4.78 is 12.1. The molecule has 2 N–H and O–H groups in total. The van der Waals surface area contributed by atoms with Crippen LogP contribution in [0, 0.1) is 5.13 Å². The molecule has 0 radical (unpaired) electrons. The summed E-state index contributed by atoms with van der Waals surface area (Å²) in [6.07, 6.45) is 0. The highest BCUT2D eigenvalue weighted by Crippen LogP contribution is 2.10. The van der Waals surface area contributed by atoms with Gasteiger partial charge >= 0.3 is 0 Å². The monoisotopic (exact) mass is 131 g/mol. The van der Waals surface area contributed by atoms with Crippen LogP contribution in [0.2, 0.25) is 0 Å². The summed E-state index contributed by atoms with van der Waals surface area (Å²) in [5.41, 5.74) is 6.07.